The molecular weight excluding hydrogens is 354 g/mol. The van der Waals surface area contributed by atoms with Crippen LogP contribution in [-0.2, 0) is 21.4 Å². The predicted octanol–water partition coefficient (Wildman–Crippen LogP) is 3.12. The fraction of sp³-hybridized carbons (Fsp3) is 0.696. The molecule has 0 radical (unpaired) electrons. The van der Waals surface area contributed by atoms with E-state index in [-0.39, 0.29) is 11.0 Å². The topological polar surface area (TPSA) is 48.0 Å². The minimum Gasteiger partial charge on any atom is -0.493 e. The summed E-state index contributed by atoms with van der Waals surface area (Å²) in [6.45, 7) is 2.20. The molecule has 5 nitrogen and oxygen atoms in total. The number of methoxy groups -OCH3 is 3. The molecule has 3 atom stereocenters. The van der Waals surface area contributed by atoms with Crippen LogP contribution in [0, 0.1) is 5.92 Å². The van der Waals surface area contributed by atoms with Crippen molar-refractivity contribution in [1.29, 1.82) is 0 Å². The molecule has 1 saturated heterocycles. The molecule has 0 amide bonds. The van der Waals surface area contributed by atoms with Crippen LogP contribution in [0.3, 0.4) is 0 Å². The maximum Gasteiger partial charge on any atom is 0.164 e. The monoisotopic (exact) mass is 385 g/mol. The molecule has 3 aliphatic carbocycles. The highest BCUT2D eigenvalue weighted by Gasteiger charge is 2.67. The molecule has 2 bridgehead atoms. The Kier molecular flexibility index (Phi) is 4.25. The number of fused-ring (bicyclic) bond motifs is 1. The molecule has 0 N–H and O–H groups in total. The molecule has 152 valence electrons. The van der Waals surface area contributed by atoms with E-state index in [4.69, 9.17) is 14.2 Å². The number of ketones is 1. The van der Waals surface area contributed by atoms with Crippen LogP contribution in [0.25, 0.3) is 0 Å². The van der Waals surface area contributed by atoms with E-state index < -0.39 is 0 Å². The smallest absolute Gasteiger partial charge is 0.164 e. The first-order chi connectivity index (χ1) is 13.6. The third-order valence-corrected chi connectivity index (χ3v) is 7.97. The second-order valence-electron chi connectivity index (χ2n) is 9.13. The van der Waals surface area contributed by atoms with Crippen molar-refractivity contribution >= 4 is 5.78 Å². The molecule has 0 spiro atoms. The zero-order valence-corrected chi connectivity index (χ0v) is 17.3. The zero-order chi connectivity index (χ0) is 19.5. The summed E-state index contributed by atoms with van der Waals surface area (Å²) < 4.78 is 18.0. The molecule has 4 aliphatic rings. The summed E-state index contributed by atoms with van der Waals surface area (Å²) in [5.41, 5.74) is 1.81. The number of carbonyl (C=O) groups is 1. The Balaban J connectivity index is 1.72. The number of hydrogen-bond donors (Lipinski definition) is 0. The maximum absolute atomic E-state index is 12.8. The highest BCUT2D eigenvalue weighted by molar-refractivity contribution is 5.83. The van der Waals surface area contributed by atoms with Crippen LogP contribution in [0.1, 0.15) is 49.7 Å². The molecule has 1 aromatic rings. The van der Waals surface area contributed by atoms with Gasteiger partial charge in [-0.15, -0.1) is 0 Å². The average molecular weight is 386 g/mol. The Bertz CT molecular complexity index is 804. The predicted molar refractivity (Wildman–Crippen MR) is 106 cm³/mol. The lowest BCUT2D eigenvalue weighted by Gasteiger charge is -2.65. The largest absolute Gasteiger partial charge is 0.493 e. The second kappa shape index (κ2) is 6.46. The van der Waals surface area contributed by atoms with Gasteiger partial charge in [0.1, 0.15) is 5.78 Å². The third kappa shape index (κ3) is 2.35. The zero-order valence-electron chi connectivity index (χ0n) is 17.3. The molecule has 28 heavy (non-hydrogen) atoms. The van der Waals surface area contributed by atoms with E-state index in [0.717, 1.165) is 43.2 Å². The second-order valence-corrected chi connectivity index (χ2v) is 9.13. The van der Waals surface area contributed by atoms with Crippen molar-refractivity contribution in [3.63, 3.8) is 0 Å². The minimum absolute atomic E-state index is 0.324. The summed E-state index contributed by atoms with van der Waals surface area (Å²) >= 11 is 0. The van der Waals surface area contributed by atoms with Crippen LogP contribution in [0.5, 0.6) is 11.5 Å². The van der Waals surface area contributed by atoms with Crippen molar-refractivity contribution in [2.45, 2.75) is 62.0 Å². The van der Waals surface area contributed by atoms with E-state index >= 15 is 0 Å². The fourth-order valence-corrected chi connectivity index (χ4v) is 6.58. The van der Waals surface area contributed by atoms with Gasteiger partial charge in [0.25, 0.3) is 0 Å². The van der Waals surface area contributed by atoms with Gasteiger partial charge < -0.3 is 14.2 Å². The lowest BCUT2D eigenvalue weighted by atomic mass is 9.49. The van der Waals surface area contributed by atoms with Crippen LogP contribution >= 0.6 is 0 Å². The van der Waals surface area contributed by atoms with E-state index in [1.807, 2.05) is 13.2 Å². The van der Waals surface area contributed by atoms with Gasteiger partial charge >= 0.3 is 0 Å². The summed E-state index contributed by atoms with van der Waals surface area (Å²) in [6.07, 6.45) is 6.56. The number of carbonyl (C=O) groups excluding carboxylic acids is 1. The summed E-state index contributed by atoms with van der Waals surface area (Å²) in [4.78, 5) is 15.4. The molecule has 5 rings (SSSR count). The van der Waals surface area contributed by atoms with Crippen LogP contribution in [0.2, 0.25) is 0 Å². The summed E-state index contributed by atoms with van der Waals surface area (Å²) in [6, 6.07) is 4.52. The Morgan fingerprint density at radius 2 is 1.96 bits per heavy atom. The van der Waals surface area contributed by atoms with Crippen molar-refractivity contribution in [1.82, 2.24) is 4.90 Å². The molecule has 0 aromatic heterocycles. The van der Waals surface area contributed by atoms with Gasteiger partial charge in [0.15, 0.2) is 11.5 Å². The number of rotatable bonds is 5. The van der Waals surface area contributed by atoms with Crippen LogP contribution in [0.4, 0.5) is 0 Å². The Morgan fingerprint density at radius 3 is 2.64 bits per heavy atom. The van der Waals surface area contributed by atoms with Crippen molar-refractivity contribution in [2.24, 2.45) is 5.92 Å². The van der Waals surface area contributed by atoms with E-state index in [2.05, 4.69) is 11.0 Å². The first kappa shape index (κ1) is 18.4. The van der Waals surface area contributed by atoms with Crippen LogP contribution in [-0.4, -0.2) is 56.7 Å². The minimum atomic E-state index is -0.333. The lowest BCUT2D eigenvalue weighted by Crippen LogP contribution is -2.74. The van der Waals surface area contributed by atoms with Crippen molar-refractivity contribution < 1.29 is 19.0 Å². The third-order valence-electron chi connectivity index (χ3n) is 7.97. The van der Waals surface area contributed by atoms with Crippen molar-refractivity contribution in [3.8, 4) is 11.5 Å². The van der Waals surface area contributed by atoms with Gasteiger partial charge in [-0.25, -0.2) is 0 Å². The number of likely N-dealkylation sites (tertiary alicyclic amines) is 1. The molecule has 1 aliphatic heterocycles. The van der Waals surface area contributed by atoms with Gasteiger partial charge in [0.05, 0.1) is 19.8 Å². The van der Waals surface area contributed by atoms with E-state index in [1.54, 1.807) is 14.2 Å². The summed E-state index contributed by atoms with van der Waals surface area (Å²) in [5.74, 6) is 2.74. The number of benzene rings is 1. The first-order valence-electron chi connectivity index (χ1n) is 10.6. The number of ether oxygens (including phenoxy) is 3. The normalized spacial score (nSPS) is 34.5. The van der Waals surface area contributed by atoms with Gasteiger partial charge in [-0.2, -0.15) is 0 Å². The van der Waals surface area contributed by atoms with E-state index in [0.29, 0.717) is 24.7 Å². The van der Waals surface area contributed by atoms with Gasteiger partial charge in [0.2, 0.25) is 0 Å². The summed E-state index contributed by atoms with van der Waals surface area (Å²) in [7, 11) is 5.25. The quantitative estimate of drug-likeness (QED) is 0.779. The highest BCUT2D eigenvalue weighted by Crippen LogP contribution is 2.62. The SMILES string of the molecule is COc1ccc2c(c1OC)[C@]13CCN(CC4CC4)[C@H](C2)[C@]1(OC)CCC(=O)C3. The van der Waals surface area contributed by atoms with Crippen molar-refractivity contribution in [3.05, 3.63) is 23.3 Å². The number of piperidine rings is 1. The number of Topliss-reactive ketones (excluding diaryl/α,β-unsaturated/α-hetero) is 1. The Hall–Kier alpha value is -1.59. The first-order valence-corrected chi connectivity index (χ1v) is 10.6. The summed E-state index contributed by atoms with van der Waals surface area (Å²) in [5, 5.41) is 0. The average Bonchev–Trinajstić information content (AvgIpc) is 3.53. The lowest BCUT2D eigenvalue weighted by molar-refractivity contribution is -0.188. The van der Waals surface area contributed by atoms with E-state index in [1.165, 1.54) is 30.5 Å². The van der Waals surface area contributed by atoms with Gasteiger partial charge in [-0.05, 0) is 56.2 Å². The van der Waals surface area contributed by atoms with Gasteiger partial charge in [0, 0.05) is 43.5 Å². The molecule has 3 fully saturated rings. The molecule has 1 heterocycles. The van der Waals surface area contributed by atoms with E-state index in [9.17, 15) is 4.79 Å². The highest BCUT2D eigenvalue weighted by atomic mass is 16.5. The molecule has 5 heteroatoms. The van der Waals surface area contributed by atoms with Gasteiger partial charge in [-0.3, -0.25) is 9.69 Å². The maximum atomic E-state index is 12.8. The molecule has 0 unspecified atom stereocenters. The van der Waals surface area contributed by atoms with Crippen LogP contribution < -0.4 is 9.47 Å². The fourth-order valence-electron chi connectivity index (χ4n) is 6.58. The Labute approximate surface area is 167 Å². The molecule has 2 saturated carbocycles. The molecular formula is C23H31NO4. The van der Waals surface area contributed by atoms with Crippen LogP contribution in [0.15, 0.2) is 12.1 Å². The Morgan fingerprint density at radius 1 is 1.14 bits per heavy atom. The molecule has 1 aromatic carbocycles. The number of hydrogen-bond acceptors (Lipinski definition) is 5. The standard InChI is InChI=1S/C23H31NO4/c1-26-18-7-6-16-12-19-23(28-3)9-8-17(25)13-22(23,20(16)21(18)27-2)10-11-24(19)14-15-4-5-15/h6-7,15,19H,4-5,8-14H2,1-3H3/t19-,22-,23-/m1/s1. The van der Waals surface area contributed by atoms with Gasteiger partial charge in [-0.1, -0.05) is 6.07 Å². The number of nitrogens with zero attached hydrogens (tertiary/aromatic N) is 1. The van der Waals surface area contributed by atoms with Crippen molar-refractivity contribution in [2.75, 3.05) is 34.4 Å².